The molecule has 1 atom stereocenters. The van der Waals surface area contributed by atoms with Crippen molar-refractivity contribution in [3.8, 4) is 0 Å². The summed E-state index contributed by atoms with van der Waals surface area (Å²) in [5.74, 6) is -1.02. The van der Waals surface area contributed by atoms with Gasteiger partial charge in [0.25, 0.3) is 0 Å². The zero-order chi connectivity index (χ0) is 11.9. The minimum atomic E-state index is -0.997. The van der Waals surface area contributed by atoms with E-state index in [0.717, 1.165) is 11.3 Å². The highest BCUT2D eigenvalue weighted by Gasteiger charge is 2.31. The van der Waals surface area contributed by atoms with Crippen LogP contribution in [0.4, 0.5) is 5.13 Å². The quantitative estimate of drug-likeness (QED) is 0.843. The smallest absolute Gasteiger partial charge is 0.347 e. The second-order valence-electron chi connectivity index (χ2n) is 3.52. The number of nitrogens with zero attached hydrogens (tertiary/aromatic N) is 2. The Morgan fingerprint density at radius 1 is 1.69 bits per heavy atom. The van der Waals surface area contributed by atoms with Gasteiger partial charge in [0.15, 0.2) is 5.13 Å². The maximum atomic E-state index is 11.6. The van der Waals surface area contributed by atoms with E-state index >= 15 is 0 Å². The summed E-state index contributed by atoms with van der Waals surface area (Å²) >= 11 is 4.41. The van der Waals surface area contributed by atoms with Crippen LogP contribution >= 0.6 is 27.3 Å². The Hall–Kier alpha value is -0.950. The molecule has 1 saturated heterocycles. The van der Waals surface area contributed by atoms with Crippen LogP contribution in [0.25, 0.3) is 0 Å². The average molecular weight is 305 g/mol. The number of halogens is 1. The Bertz CT molecular complexity index is 460. The molecule has 1 fully saturated rings. The van der Waals surface area contributed by atoms with E-state index in [1.165, 1.54) is 4.90 Å². The summed E-state index contributed by atoms with van der Waals surface area (Å²) in [6, 6.07) is 0. The summed E-state index contributed by atoms with van der Waals surface area (Å²) in [7, 11) is 0. The Balaban J connectivity index is 2.31. The fourth-order valence-electron chi connectivity index (χ4n) is 1.54. The molecule has 0 aromatic carbocycles. The first-order valence-electron chi connectivity index (χ1n) is 4.64. The van der Waals surface area contributed by atoms with Gasteiger partial charge in [0, 0.05) is 17.8 Å². The van der Waals surface area contributed by atoms with Crippen LogP contribution in [-0.4, -0.2) is 33.3 Å². The van der Waals surface area contributed by atoms with E-state index in [-0.39, 0.29) is 15.6 Å². The number of aromatic nitrogens is 1. The number of aryl methyl sites for hydroxylation is 1. The zero-order valence-corrected chi connectivity index (χ0v) is 10.8. The van der Waals surface area contributed by atoms with Crippen molar-refractivity contribution < 1.29 is 14.7 Å². The highest BCUT2D eigenvalue weighted by Crippen LogP contribution is 2.30. The molecule has 5 nitrogen and oxygen atoms in total. The topological polar surface area (TPSA) is 70.5 Å². The van der Waals surface area contributed by atoms with Crippen molar-refractivity contribution in [1.82, 2.24) is 4.98 Å². The molecule has 1 N–H and O–H groups in total. The molecule has 1 unspecified atom stereocenters. The Kier molecular flexibility index (Phi) is 2.98. The second-order valence-corrected chi connectivity index (χ2v) is 5.79. The minimum Gasteiger partial charge on any atom is -0.477 e. The van der Waals surface area contributed by atoms with E-state index in [1.54, 1.807) is 6.92 Å². The van der Waals surface area contributed by atoms with Crippen molar-refractivity contribution in [3.63, 3.8) is 0 Å². The van der Waals surface area contributed by atoms with Crippen LogP contribution in [0.1, 0.15) is 21.8 Å². The van der Waals surface area contributed by atoms with Crippen LogP contribution in [0, 0.1) is 6.92 Å². The SMILES string of the molecule is Cc1nc(N2CC(Br)CC2=O)sc1C(=O)O. The minimum absolute atomic E-state index is 0.0208. The molecule has 86 valence electrons. The van der Waals surface area contributed by atoms with Gasteiger partial charge in [-0.05, 0) is 6.92 Å². The first-order valence-corrected chi connectivity index (χ1v) is 6.37. The van der Waals surface area contributed by atoms with Crippen LogP contribution in [0.3, 0.4) is 0 Å². The van der Waals surface area contributed by atoms with Gasteiger partial charge < -0.3 is 5.11 Å². The molecule has 1 aliphatic heterocycles. The van der Waals surface area contributed by atoms with Crippen molar-refractivity contribution in [2.75, 3.05) is 11.4 Å². The van der Waals surface area contributed by atoms with E-state index in [1.807, 2.05) is 0 Å². The number of carbonyl (C=O) groups is 2. The molecule has 0 radical (unpaired) electrons. The van der Waals surface area contributed by atoms with Crippen LogP contribution < -0.4 is 4.90 Å². The van der Waals surface area contributed by atoms with Gasteiger partial charge in [0.1, 0.15) is 4.88 Å². The van der Waals surface area contributed by atoms with Gasteiger partial charge in [0.2, 0.25) is 5.91 Å². The van der Waals surface area contributed by atoms with Crippen molar-refractivity contribution in [3.05, 3.63) is 10.6 Å². The number of carboxylic acid groups (broad SMARTS) is 1. The van der Waals surface area contributed by atoms with Crippen molar-refractivity contribution in [2.24, 2.45) is 0 Å². The number of rotatable bonds is 2. The maximum Gasteiger partial charge on any atom is 0.347 e. The van der Waals surface area contributed by atoms with Crippen molar-refractivity contribution in [2.45, 2.75) is 18.2 Å². The number of hydrogen-bond acceptors (Lipinski definition) is 4. The predicted molar refractivity (Wildman–Crippen MR) is 63.5 cm³/mol. The van der Waals surface area contributed by atoms with Gasteiger partial charge in [-0.3, -0.25) is 9.69 Å². The first-order chi connectivity index (χ1) is 7.49. The van der Waals surface area contributed by atoms with Crippen LogP contribution in [-0.2, 0) is 4.79 Å². The number of anilines is 1. The number of alkyl halides is 1. The van der Waals surface area contributed by atoms with Crippen LogP contribution in [0.15, 0.2) is 0 Å². The molecule has 2 heterocycles. The highest BCUT2D eigenvalue weighted by molar-refractivity contribution is 9.09. The lowest BCUT2D eigenvalue weighted by Gasteiger charge is -2.10. The third-order valence-corrected chi connectivity index (χ3v) is 4.07. The molecule has 0 saturated carbocycles. The van der Waals surface area contributed by atoms with Crippen LogP contribution in [0.2, 0.25) is 0 Å². The number of hydrogen-bond donors (Lipinski definition) is 1. The Labute approximate surface area is 104 Å². The number of carboxylic acids is 1. The maximum absolute atomic E-state index is 11.6. The number of thiazole rings is 1. The lowest BCUT2D eigenvalue weighted by molar-refractivity contribution is -0.117. The predicted octanol–water partition coefficient (Wildman–Crippen LogP) is 1.65. The molecule has 0 spiro atoms. The fourth-order valence-corrected chi connectivity index (χ4v) is 3.04. The average Bonchev–Trinajstić information content (AvgIpc) is 2.69. The van der Waals surface area contributed by atoms with E-state index in [2.05, 4.69) is 20.9 Å². The normalized spacial score (nSPS) is 20.5. The number of aromatic carboxylic acids is 1. The summed E-state index contributed by atoms with van der Waals surface area (Å²) in [6.07, 6.45) is 0.432. The van der Waals surface area contributed by atoms with Gasteiger partial charge in [-0.25, -0.2) is 9.78 Å². The number of amides is 1. The Morgan fingerprint density at radius 3 is 2.81 bits per heavy atom. The fraction of sp³-hybridized carbons (Fsp3) is 0.444. The highest BCUT2D eigenvalue weighted by atomic mass is 79.9. The molecule has 1 aliphatic rings. The number of carbonyl (C=O) groups excluding carboxylic acids is 1. The third-order valence-electron chi connectivity index (χ3n) is 2.29. The molecule has 0 bridgehead atoms. The van der Waals surface area contributed by atoms with Gasteiger partial charge in [-0.2, -0.15) is 0 Å². The van der Waals surface area contributed by atoms with Gasteiger partial charge in [-0.15, -0.1) is 0 Å². The van der Waals surface area contributed by atoms with Crippen molar-refractivity contribution >= 4 is 44.3 Å². The monoisotopic (exact) mass is 304 g/mol. The van der Waals surface area contributed by atoms with E-state index in [9.17, 15) is 9.59 Å². The molecule has 1 aromatic rings. The summed E-state index contributed by atoms with van der Waals surface area (Å²) in [6.45, 7) is 2.18. The van der Waals surface area contributed by atoms with Gasteiger partial charge in [0.05, 0.1) is 5.69 Å². The lowest BCUT2D eigenvalue weighted by Crippen LogP contribution is -2.24. The van der Waals surface area contributed by atoms with Gasteiger partial charge >= 0.3 is 5.97 Å². The van der Waals surface area contributed by atoms with E-state index < -0.39 is 5.97 Å². The lowest BCUT2D eigenvalue weighted by atomic mass is 10.4. The molecule has 1 amide bonds. The second kappa shape index (κ2) is 4.14. The molecule has 2 rings (SSSR count). The molecule has 1 aromatic heterocycles. The largest absolute Gasteiger partial charge is 0.477 e. The zero-order valence-electron chi connectivity index (χ0n) is 8.44. The van der Waals surface area contributed by atoms with Gasteiger partial charge in [-0.1, -0.05) is 27.3 Å². The molecule has 16 heavy (non-hydrogen) atoms. The summed E-state index contributed by atoms with van der Waals surface area (Å²) in [4.78, 5) is 28.4. The third kappa shape index (κ3) is 1.97. The summed E-state index contributed by atoms with van der Waals surface area (Å²) in [5.41, 5.74) is 0.457. The molecule has 0 aliphatic carbocycles. The van der Waals surface area contributed by atoms with E-state index in [0.29, 0.717) is 23.8 Å². The standard InChI is InChI=1S/C9H9BrN2O3S/c1-4-7(8(14)15)16-9(11-4)12-3-5(10)2-6(12)13/h5H,2-3H2,1H3,(H,14,15). The molecular formula is C9H9BrN2O3S. The van der Waals surface area contributed by atoms with Crippen molar-refractivity contribution in [1.29, 1.82) is 0 Å². The van der Waals surface area contributed by atoms with E-state index in [4.69, 9.17) is 5.11 Å². The molecular weight excluding hydrogens is 296 g/mol. The molecule has 7 heteroatoms. The summed E-state index contributed by atoms with van der Waals surface area (Å²) < 4.78 is 0. The Morgan fingerprint density at radius 2 is 2.38 bits per heavy atom. The summed E-state index contributed by atoms with van der Waals surface area (Å²) in [5, 5.41) is 9.37. The van der Waals surface area contributed by atoms with Crippen LogP contribution in [0.5, 0.6) is 0 Å². The first kappa shape index (κ1) is 11.5.